The molecule has 6 heteroatoms. The van der Waals surface area contributed by atoms with E-state index in [0.717, 1.165) is 72.2 Å². The van der Waals surface area contributed by atoms with Gasteiger partial charge in [-0.2, -0.15) is 0 Å². The molecule has 0 aromatic heterocycles. The van der Waals surface area contributed by atoms with Crippen LogP contribution in [-0.4, -0.2) is 78.0 Å². The fourth-order valence-electron chi connectivity index (χ4n) is 11.0. The van der Waals surface area contributed by atoms with Crippen molar-refractivity contribution in [3.05, 3.63) is 0 Å². The lowest BCUT2D eigenvalue weighted by atomic mass is 10.1. The van der Waals surface area contributed by atoms with Crippen LogP contribution in [-0.2, 0) is 18.9 Å². The van der Waals surface area contributed by atoms with Crippen molar-refractivity contribution in [3.8, 4) is 0 Å². The lowest BCUT2D eigenvalue weighted by molar-refractivity contribution is -0.0234. The van der Waals surface area contributed by atoms with Gasteiger partial charge in [0.15, 0.2) is 0 Å². The highest BCUT2D eigenvalue weighted by Gasteiger charge is 2.11. The first-order chi connectivity index (χ1) is 37.8. The first-order valence-electron chi connectivity index (χ1n) is 35.6. The van der Waals surface area contributed by atoms with E-state index in [4.69, 9.17) is 18.9 Å². The van der Waals surface area contributed by atoms with E-state index in [1.54, 1.807) is 0 Å². The molecule has 0 saturated heterocycles. The molecule has 76 heavy (non-hydrogen) atoms. The van der Waals surface area contributed by atoms with Gasteiger partial charge < -0.3 is 29.6 Å². The third kappa shape index (κ3) is 66.3. The zero-order chi connectivity index (χ0) is 54.7. The van der Waals surface area contributed by atoms with Crippen molar-refractivity contribution >= 4 is 0 Å². The van der Waals surface area contributed by atoms with Gasteiger partial charge in [0, 0.05) is 33.0 Å². The van der Waals surface area contributed by atoms with Gasteiger partial charge in [0.25, 0.3) is 0 Å². The maximum absolute atomic E-state index is 6.50. The quantitative estimate of drug-likeness (QED) is 0.0592. The van der Waals surface area contributed by atoms with E-state index in [1.807, 2.05) is 0 Å². The Balaban J connectivity index is 4.37. The zero-order valence-electron chi connectivity index (χ0n) is 53.0. The number of unbranched alkanes of at least 4 members (excludes halogenated alkanes) is 47. The van der Waals surface area contributed by atoms with Crippen LogP contribution in [0, 0.1) is 0 Å². The summed E-state index contributed by atoms with van der Waals surface area (Å²) in [5, 5.41) is 7.50. The second-order valence-electron chi connectivity index (χ2n) is 24.2. The molecular formula is C70H144N2O4. The van der Waals surface area contributed by atoms with Crippen LogP contribution in [0.15, 0.2) is 0 Å². The molecule has 0 heterocycles. The number of hydrogen-bond acceptors (Lipinski definition) is 6. The fourth-order valence-corrected chi connectivity index (χ4v) is 11.0. The van der Waals surface area contributed by atoms with E-state index in [2.05, 4.69) is 38.3 Å². The Hall–Kier alpha value is -0.240. The molecule has 2 unspecified atom stereocenters. The molecule has 2 N–H and O–H groups in total. The largest absolute Gasteiger partial charge is 0.379 e. The molecule has 0 bridgehead atoms. The van der Waals surface area contributed by atoms with Crippen molar-refractivity contribution in [1.29, 1.82) is 0 Å². The molecule has 2 atom stereocenters. The van der Waals surface area contributed by atoms with Gasteiger partial charge in [-0.05, 0) is 77.4 Å². The minimum absolute atomic E-state index is 0.164. The van der Waals surface area contributed by atoms with E-state index >= 15 is 0 Å². The third-order valence-corrected chi connectivity index (χ3v) is 16.3. The summed E-state index contributed by atoms with van der Waals surface area (Å²) >= 11 is 0. The highest BCUT2D eigenvalue weighted by atomic mass is 16.5. The lowest BCUT2D eigenvalue weighted by Gasteiger charge is -2.19. The Labute approximate surface area is 479 Å². The molecular weight excluding hydrogens is 933 g/mol. The monoisotopic (exact) mass is 1080 g/mol. The minimum atomic E-state index is 0.164. The maximum atomic E-state index is 6.50. The molecule has 0 radical (unpaired) electrons. The highest BCUT2D eigenvalue weighted by Crippen LogP contribution is 2.17. The van der Waals surface area contributed by atoms with Crippen molar-refractivity contribution < 1.29 is 18.9 Å². The van der Waals surface area contributed by atoms with Crippen molar-refractivity contribution in [2.24, 2.45) is 0 Å². The molecule has 0 spiro atoms. The molecule has 0 aliphatic heterocycles. The van der Waals surface area contributed by atoms with Crippen LogP contribution in [0.25, 0.3) is 0 Å². The summed E-state index contributed by atoms with van der Waals surface area (Å²) in [7, 11) is 0. The second kappa shape index (κ2) is 70.9. The Morgan fingerprint density at radius 2 is 0.461 bits per heavy atom. The molecule has 0 fully saturated rings. The van der Waals surface area contributed by atoms with Gasteiger partial charge in [-0.25, -0.2) is 0 Å². The van der Waals surface area contributed by atoms with Crippen molar-refractivity contribution in [3.63, 3.8) is 0 Å². The molecule has 0 aliphatic carbocycles. The fraction of sp³-hybridized carbons (Fsp3) is 1.00. The summed E-state index contributed by atoms with van der Waals surface area (Å²) in [6.45, 7) is 18.5. The molecule has 0 saturated carbocycles. The van der Waals surface area contributed by atoms with Crippen LogP contribution in [0.4, 0.5) is 0 Å². The van der Waals surface area contributed by atoms with E-state index < -0.39 is 0 Å². The van der Waals surface area contributed by atoms with Gasteiger partial charge in [-0.3, -0.25) is 0 Å². The lowest BCUT2D eigenvalue weighted by Crippen LogP contribution is -2.34. The van der Waals surface area contributed by atoms with Crippen LogP contribution in [0.3, 0.4) is 0 Å². The van der Waals surface area contributed by atoms with Gasteiger partial charge >= 0.3 is 0 Å². The standard InChI is InChI=1S/C70H144N2O4/c1-5-9-13-17-21-25-29-33-37-41-45-54-62-73-67-69(75-64-56-47-43-39-35-31-27-23-19-15-11-7-3)58-50-53-60-71-59-51-49-52-61-72-66-70(76-65-57-48-44-40-36-32-28-24-20-16-12-8-4)68-74-63-55-46-42-38-34-30-26-22-18-14-10-6-2/h69-72H,5-68H2,1-4H3. The normalized spacial score (nSPS) is 12.6. The highest BCUT2D eigenvalue weighted by molar-refractivity contribution is 4.64. The molecule has 0 amide bonds. The van der Waals surface area contributed by atoms with Gasteiger partial charge in [-0.15, -0.1) is 0 Å². The van der Waals surface area contributed by atoms with Crippen molar-refractivity contribution in [2.45, 2.75) is 387 Å². The van der Waals surface area contributed by atoms with E-state index in [9.17, 15) is 0 Å². The SMILES string of the molecule is CCCCCCCCCCCCCCOCC(CCCCNCCCCCNCC(COCCCCCCCCCCCCCC)OCCCCCCCCCCCCCC)OCCCCCCCCCCCCCC. The van der Waals surface area contributed by atoms with Crippen LogP contribution in [0.2, 0.25) is 0 Å². The maximum Gasteiger partial charge on any atom is 0.0932 e. The van der Waals surface area contributed by atoms with Gasteiger partial charge in [0.1, 0.15) is 0 Å². The average molecular weight is 1080 g/mol. The van der Waals surface area contributed by atoms with Crippen LogP contribution in [0.5, 0.6) is 0 Å². The number of nitrogens with one attached hydrogen (secondary N) is 2. The molecule has 0 aliphatic rings. The first kappa shape index (κ1) is 75.8. The minimum Gasteiger partial charge on any atom is -0.379 e. The van der Waals surface area contributed by atoms with Crippen molar-refractivity contribution in [2.75, 3.05) is 65.8 Å². The summed E-state index contributed by atoms with van der Waals surface area (Å²) in [6.07, 6.45) is 74.2. The smallest absolute Gasteiger partial charge is 0.0932 e. The van der Waals surface area contributed by atoms with E-state index in [1.165, 1.54) is 340 Å². The number of hydrogen-bond donors (Lipinski definition) is 2. The van der Waals surface area contributed by atoms with Crippen molar-refractivity contribution in [1.82, 2.24) is 10.6 Å². The third-order valence-electron chi connectivity index (χ3n) is 16.3. The topological polar surface area (TPSA) is 61.0 Å². The number of ether oxygens (including phenoxy) is 4. The van der Waals surface area contributed by atoms with Crippen LogP contribution in [0.1, 0.15) is 374 Å². The Morgan fingerprint density at radius 1 is 0.224 bits per heavy atom. The Morgan fingerprint density at radius 3 is 0.789 bits per heavy atom. The van der Waals surface area contributed by atoms with Crippen LogP contribution < -0.4 is 10.6 Å². The predicted octanol–water partition coefficient (Wildman–Crippen LogP) is 22.1. The summed E-state index contributed by atoms with van der Waals surface area (Å²) < 4.78 is 25.5. The molecule has 0 rings (SSSR count). The average Bonchev–Trinajstić information content (AvgIpc) is 3.43. The molecule has 6 nitrogen and oxygen atoms in total. The Bertz CT molecular complexity index is 909. The molecule has 458 valence electrons. The van der Waals surface area contributed by atoms with Crippen LogP contribution >= 0.6 is 0 Å². The predicted molar refractivity (Wildman–Crippen MR) is 339 cm³/mol. The van der Waals surface area contributed by atoms with Gasteiger partial charge in [-0.1, -0.05) is 317 Å². The zero-order valence-corrected chi connectivity index (χ0v) is 53.0. The summed E-state index contributed by atoms with van der Waals surface area (Å²) in [5.74, 6) is 0. The summed E-state index contributed by atoms with van der Waals surface area (Å²) in [4.78, 5) is 0. The second-order valence-corrected chi connectivity index (χ2v) is 24.2. The van der Waals surface area contributed by atoms with E-state index in [-0.39, 0.29) is 12.2 Å². The first-order valence-corrected chi connectivity index (χ1v) is 35.6. The van der Waals surface area contributed by atoms with Gasteiger partial charge in [0.05, 0.1) is 25.4 Å². The number of rotatable bonds is 71. The van der Waals surface area contributed by atoms with E-state index in [0.29, 0.717) is 0 Å². The van der Waals surface area contributed by atoms with Gasteiger partial charge in [0.2, 0.25) is 0 Å². The summed E-state index contributed by atoms with van der Waals surface area (Å²) in [5.41, 5.74) is 0. The molecule has 0 aromatic rings. The molecule has 0 aromatic carbocycles. The Kier molecular flexibility index (Phi) is 70.6. The summed E-state index contributed by atoms with van der Waals surface area (Å²) in [6, 6.07) is 0.